The Morgan fingerprint density at radius 1 is 1.00 bits per heavy atom. The third-order valence-electron chi connectivity index (χ3n) is 3.24. The molecule has 2 heterocycles. The minimum Gasteiger partial charge on any atom is -0.305 e. The number of hydrogen-bond donors (Lipinski definition) is 1. The molecule has 0 unspecified atom stereocenters. The molecule has 4 nitrogen and oxygen atoms in total. The zero-order valence-electron chi connectivity index (χ0n) is 10.8. The van der Waals surface area contributed by atoms with Crippen molar-refractivity contribution in [3.05, 3.63) is 58.0 Å². The van der Waals surface area contributed by atoms with Crippen LogP contribution in [0.1, 0.15) is 11.3 Å². The van der Waals surface area contributed by atoms with E-state index in [1.165, 1.54) is 0 Å². The van der Waals surface area contributed by atoms with Crippen molar-refractivity contribution in [1.29, 1.82) is 0 Å². The Hall–Kier alpha value is -2.49. The van der Waals surface area contributed by atoms with Crippen molar-refractivity contribution >= 4 is 10.9 Å². The van der Waals surface area contributed by atoms with Gasteiger partial charge in [0.2, 0.25) is 0 Å². The molecule has 2 aromatic heterocycles. The first-order valence-electron chi connectivity index (χ1n) is 6.09. The van der Waals surface area contributed by atoms with Crippen molar-refractivity contribution in [2.75, 3.05) is 0 Å². The average molecular weight is 251 g/mol. The summed E-state index contributed by atoms with van der Waals surface area (Å²) in [7, 11) is 0. The molecular weight excluding hydrogens is 238 g/mol. The topological polar surface area (TPSA) is 58.6 Å². The van der Waals surface area contributed by atoms with Crippen LogP contribution in [-0.2, 0) is 0 Å². The van der Waals surface area contributed by atoms with Gasteiger partial charge in [0.25, 0.3) is 5.56 Å². The quantitative estimate of drug-likeness (QED) is 0.723. The normalized spacial score (nSPS) is 10.8. The van der Waals surface area contributed by atoms with E-state index in [9.17, 15) is 4.79 Å². The lowest BCUT2D eigenvalue weighted by Crippen LogP contribution is -2.14. The summed E-state index contributed by atoms with van der Waals surface area (Å²) in [5, 5.41) is 1.07. The van der Waals surface area contributed by atoms with Gasteiger partial charge in [-0.05, 0) is 26.0 Å². The molecule has 1 N–H and O–H groups in total. The Morgan fingerprint density at radius 2 is 1.79 bits per heavy atom. The number of aromatic amines is 1. The largest absolute Gasteiger partial charge is 0.305 e. The standard InChI is InChI=1S/C15H13N3O/c1-9-10(2)16-14(18-15(9)19)13-8-7-11-5-3-4-6-12(11)17-13/h3-8H,1-2H3,(H,16,18,19). The third kappa shape index (κ3) is 2.01. The van der Waals surface area contributed by atoms with Crippen LogP contribution in [-0.4, -0.2) is 15.0 Å². The Balaban J connectivity index is 2.22. The maximum Gasteiger partial charge on any atom is 0.254 e. The van der Waals surface area contributed by atoms with Gasteiger partial charge in [0.05, 0.1) is 5.52 Å². The monoisotopic (exact) mass is 251 g/mol. The Bertz CT molecular complexity index is 821. The van der Waals surface area contributed by atoms with Crippen LogP contribution in [0.5, 0.6) is 0 Å². The molecular formula is C15H13N3O. The van der Waals surface area contributed by atoms with E-state index in [0.717, 1.165) is 16.6 Å². The summed E-state index contributed by atoms with van der Waals surface area (Å²) in [6, 6.07) is 11.7. The van der Waals surface area contributed by atoms with Crippen molar-refractivity contribution in [3.63, 3.8) is 0 Å². The van der Waals surface area contributed by atoms with Crippen LogP contribution in [0.2, 0.25) is 0 Å². The first kappa shape index (κ1) is 11.6. The molecule has 0 spiro atoms. The fourth-order valence-electron chi connectivity index (χ4n) is 1.96. The van der Waals surface area contributed by atoms with Gasteiger partial charge in [-0.25, -0.2) is 9.97 Å². The zero-order valence-corrected chi connectivity index (χ0v) is 10.8. The Labute approximate surface area is 110 Å². The number of pyridine rings is 1. The Kier molecular flexibility index (Phi) is 2.63. The second-order valence-corrected chi connectivity index (χ2v) is 4.51. The van der Waals surface area contributed by atoms with E-state index in [2.05, 4.69) is 15.0 Å². The van der Waals surface area contributed by atoms with Gasteiger partial charge in [0.15, 0.2) is 5.82 Å². The lowest BCUT2D eigenvalue weighted by molar-refractivity contribution is 1.02. The SMILES string of the molecule is Cc1nc(-c2ccc3ccccc3n2)[nH]c(=O)c1C. The van der Waals surface area contributed by atoms with Crippen LogP contribution in [0, 0.1) is 13.8 Å². The van der Waals surface area contributed by atoms with Gasteiger partial charge in [-0.3, -0.25) is 4.79 Å². The molecule has 0 aliphatic heterocycles. The van der Waals surface area contributed by atoms with Gasteiger partial charge in [0.1, 0.15) is 5.69 Å². The number of nitrogens with one attached hydrogen (secondary N) is 1. The number of fused-ring (bicyclic) bond motifs is 1. The summed E-state index contributed by atoms with van der Waals surface area (Å²) < 4.78 is 0. The smallest absolute Gasteiger partial charge is 0.254 e. The van der Waals surface area contributed by atoms with Gasteiger partial charge in [-0.15, -0.1) is 0 Å². The predicted molar refractivity (Wildman–Crippen MR) is 75.1 cm³/mol. The van der Waals surface area contributed by atoms with Crippen LogP contribution in [0.25, 0.3) is 22.4 Å². The highest BCUT2D eigenvalue weighted by molar-refractivity contribution is 5.80. The molecule has 0 radical (unpaired) electrons. The van der Waals surface area contributed by atoms with Gasteiger partial charge in [0, 0.05) is 16.6 Å². The summed E-state index contributed by atoms with van der Waals surface area (Å²) >= 11 is 0. The second kappa shape index (κ2) is 4.31. The summed E-state index contributed by atoms with van der Waals surface area (Å²) in [5.74, 6) is 0.513. The molecule has 0 aliphatic rings. The van der Waals surface area contributed by atoms with Gasteiger partial charge < -0.3 is 4.98 Å². The first-order valence-corrected chi connectivity index (χ1v) is 6.09. The van der Waals surface area contributed by atoms with Crippen LogP contribution in [0.3, 0.4) is 0 Å². The highest BCUT2D eigenvalue weighted by Crippen LogP contribution is 2.17. The first-order chi connectivity index (χ1) is 9.15. The summed E-state index contributed by atoms with van der Waals surface area (Å²) in [6.07, 6.45) is 0. The second-order valence-electron chi connectivity index (χ2n) is 4.51. The van der Waals surface area contributed by atoms with E-state index in [-0.39, 0.29) is 5.56 Å². The summed E-state index contributed by atoms with van der Waals surface area (Å²) in [6.45, 7) is 3.59. The molecule has 0 bridgehead atoms. The minimum absolute atomic E-state index is 0.113. The molecule has 19 heavy (non-hydrogen) atoms. The number of aromatic nitrogens is 3. The number of hydrogen-bond acceptors (Lipinski definition) is 3. The van der Waals surface area contributed by atoms with Crippen LogP contribution in [0.15, 0.2) is 41.2 Å². The van der Waals surface area contributed by atoms with E-state index in [1.807, 2.05) is 43.3 Å². The molecule has 0 amide bonds. The lowest BCUT2D eigenvalue weighted by atomic mass is 10.2. The molecule has 4 heteroatoms. The van der Waals surface area contributed by atoms with Gasteiger partial charge in [-0.2, -0.15) is 0 Å². The summed E-state index contributed by atoms with van der Waals surface area (Å²) in [5.41, 5.74) is 2.83. The Morgan fingerprint density at radius 3 is 2.58 bits per heavy atom. The molecule has 0 aliphatic carbocycles. The zero-order chi connectivity index (χ0) is 13.4. The number of benzene rings is 1. The predicted octanol–water partition coefficient (Wildman–Crippen LogP) is 2.60. The fraction of sp³-hybridized carbons (Fsp3) is 0.133. The van der Waals surface area contributed by atoms with Gasteiger partial charge in [-0.1, -0.05) is 24.3 Å². The highest BCUT2D eigenvalue weighted by atomic mass is 16.1. The molecule has 3 aromatic rings. The molecule has 0 saturated carbocycles. The van der Waals surface area contributed by atoms with Crippen LogP contribution >= 0.6 is 0 Å². The maximum absolute atomic E-state index is 11.8. The van der Waals surface area contributed by atoms with E-state index in [0.29, 0.717) is 17.1 Å². The molecule has 0 atom stereocenters. The van der Waals surface area contributed by atoms with E-state index in [1.54, 1.807) is 6.92 Å². The molecule has 0 saturated heterocycles. The molecule has 1 aromatic carbocycles. The number of aryl methyl sites for hydroxylation is 1. The molecule has 94 valence electrons. The van der Waals surface area contributed by atoms with Crippen molar-refractivity contribution in [1.82, 2.24) is 15.0 Å². The number of H-pyrrole nitrogens is 1. The molecule has 0 fully saturated rings. The molecule has 3 rings (SSSR count). The van der Waals surface area contributed by atoms with E-state index >= 15 is 0 Å². The van der Waals surface area contributed by atoms with Crippen LogP contribution < -0.4 is 5.56 Å². The fourth-order valence-corrected chi connectivity index (χ4v) is 1.96. The highest BCUT2D eigenvalue weighted by Gasteiger charge is 2.07. The van der Waals surface area contributed by atoms with Crippen molar-refractivity contribution < 1.29 is 0 Å². The van der Waals surface area contributed by atoms with Crippen molar-refractivity contribution in [2.24, 2.45) is 0 Å². The maximum atomic E-state index is 11.8. The number of para-hydroxylation sites is 1. The average Bonchev–Trinajstić information content (AvgIpc) is 2.43. The number of rotatable bonds is 1. The third-order valence-corrected chi connectivity index (χ3v) is 3.24. The lowest BCUT2D eigenvalue weighted by Gasteiger charge is -2.05. The van der Waals surface area contributed by atoms with Gasteiger partial charge >= 0.3 is 0 Å². The van der Waals surface area contributed by atoms with Crippen molar-refractivity contribution in [3.8, 4) is 11.5 Å². The minimum atomic E-state index is -0.113. The van der Waals surface area contributed by atoms with E-state index in [4.69, 9.17) is 0 Å². The van der Waals surface area contributed by atoms with E-state index < -0.39 is 0 Å². The summed E-state index contributed by atoms with van der Waals surface area (Å²) in [4.78, 5) is 23.5. The van der Waals surface area contributed by atoms with Crippen LogP contribution in [0.4, 0.5) is 0 Å². The number of nitrogens with zero attached hydrogens (tertiary/aromatic N) is 2. The van der Waals surface area contributed by atoms with Crippen molar-refractivity contribution in [2.45, 2.75) is 13.8 Å².